The summed E-state index contributed by atoms with van der Waals surface area (Å²) in [4.78, 5) is 12.0. The Balaban J connectivity index is 3.25. The molecule has 1 heterocycles. The summed E-state index contributed by atoms with van der Waals surface area (Å²) in [5.41, 5.74) is 1.92. The van der Waals surface area contributed by atoms with Crippen LogP contribution in [-0.4, -0.2) is 9.78 Å². The second kappa shape index (κ2) is 3.64. The van der Waals surface area contributed by atoms with Crippen LogP contribution in [0.25, 0.3) is 0 Å². The molecule has 1 aromatic rings. The smallest absolute Gasteiger partial charge is 0.270 e. The Morgan fingerprint density at radius 3 is 2.29 bits per heavy atom. The second-order valence-electron chi connectivity index (χ2n) is 4.78. The highest BCUT2D eigenvalue weighted by molar-refractivity contribution is 5.16. The highest BCUT2D eigenvalue weighted by Gasteiger charge is 2.19. The van der Waals surface area contributed by atoms with Crippen molar-refractivity contribution in [3.05, 3.63) is 21.6 Å². The number of aryl methyl sites for hydroxylation is 1. The molecule has 80 valence electrons. The molecule has 0 unspecified atom stereocenters. The SMILES string of the molecule is CCCc1c(C)[nH]n(C(C)(C)C)c1=O. The molecular formula is C11H20N2O. The Hall–Kier alpha value is -0.990. The molecule has 3 heteroatoms. The summed E-state index contributed by atoms with van der Waals surface area (Å²) < 4.78 is 1.72. The van der Waals surface area contributed by atoms with E-state index in [2.05, 4.69) is 12.0 Å². The van der Waals surface area contributed by atoms with Crippen LogP contribution in [0, 0.1) is 6.92 Å². The van der Waals surface area contributed by atoms with Gasteiger partial charge >= 0.3 is 0 Å². The molecule has 1 rings (SSSR count). The summed E-state index contributed by atoms with van der Waals surface area (Å²) in [5, 5.41) is 3.14. The molecule has 14 heavy (non-hydrogen) atoms. The van der Waals surface area contributed by atoms with Gasteiger partial charge in [0.25, 0.3) is 5.56 Å². The van der Waals surface area contributed by atoms with Crippen molar-refractivity contribution in [2.24, 2.45) is 0 Å². The van der Waals surface area contributed by atoms with Crippen LogP contribution in [0.4, 0.5) is 0 Å². The minimum absolute atomic E-state index is 0.136. The molecule has 0 saturated heterocycles. The maximum atomic E-state index is 12.0. The van der Waals surface area contributed by atoms with Gasteiger partial charge in [-0.2, -0.15) is 0 Å². The molecule has 0 aliphatic rings. The minimum atomic E-state index is -0.159. The zero-order valence-electron chi connectivity index (χ0n) is 9.77. The van der Waals surface area contributed by atoms with Crippen LogP contribution in [0.3, 0.4) is 0 Å². The van der Waals surface area contributed by atoms with E-state index in [9.17, 15) is 4.79 Å². The molecule has 0 aliphatic carbocycles. The number of aromatic nitrogens is 2. The van der Waals surface area contributed by atoms with Crippen LogP contribution in [0.15, 0.2) is 4.79 Å². The van der Waals surface area contributed by atoms with Crippen LogP contribution in [0.5, 0.6) is 0 Å². The Morgan fingerprint density at radius 1 is 1.36 bits per heavy atom. The molecule has 1 N–H and O–H groups in total. The van der Waals surface area contributed by atoms with Gasteiger partial charge in [-0.25, -0.2) is 4.68 Å². The molecule has 0 amide bonds. The first-order chi connectivity index (χ1) is 6.38. The van der Waals surface area contributed by atoms with E-state index in [-0.39, 0.29) is 11.1 Å². The van der Waals surface area contributed by atoms with Crippen molar-refractivity contribution in [1.82, 2.24) is 9.78 Å². The maximum Gasteiger partial charge on any atom is 0.270 e. The number of nitrogens with zero attached hydrogens (tertiary/aromatic N) is 1. The number of H-pyrrole nitrogens is 1. The van der Waals surface area contributed by atoms with Gasteiger partial charge in [0.1, 0.15) is 0 Å². The van der Waals surface area contributed by atoms with E-state index in [1.807, 2.05) is 27.7 Å². The minimum Gasteiger partial charge on any atom is -0.299 e. The van der Waals surface area contributed by atoms with Crippen molar-refractivity contribution in [2.45, 2.75) is 53.0 Å². The van der Waals surface area contributed by atoms with Crippen molar-refractivity contribution < 1.29 is 0 Å². The standard InChI is InChI=1S/C11H20N2O/c1-6-7-9-8(2)12-13(10(9)14)11(3,4)5/h12H,6-7H2,1-5H3. The summed E-state index contributed by atoms with van der Waals surface area (Å²) in [7, 11) is 0. The van der Waals surface area contributed by atoms with E-state index in [0.717, 1.165) is 24.1 Å². The van der Waals surface area contributed by atoms with Crippen molar-refractivity contribution in [1.29, 1.82) is 0 Å². The van der Waals surface area contributed by atoms with Gasteiger partial charge in [0.15, 0.2) is 0 Å². The lowest BCUT2D eigenvalue weighted by atomic mass is 10.1. The predicted octanol–water partition coefficient (Wildman–Crippen LogP) is 2.19. The lowest BCUT2D eigenvalue weighted by molar-refractivity contribution is 0.344. The maximum absolute atomic E-state index is 12.0. The number of hydrogen-bond acceptors (Lipinski definition) is 1. The second-order valence-corrected chi connectivity index (χ2v) is 4.78. The summed E-state index contributed by atoms with van der Waals surface area (Å²) in [5.74, 6) is 0. The molecule has 0 aromatic carbocycles. The molecule has 0 radical (unpaired) electrons. The van der Waals surface area contributed by atoms with Crippen molar-refractivity contribution in [2.75, 3.05) is 0 Å². The Labute approximate surface area is 85.1 Å². The third-order valence-electron chi connectivity index (χ3n) is 2.36. The summed E-state index contributed by atoms with van der Waals surface area (Å²) in [6.07, 6.45) is 1.88. The largest absolute Gasteiger partial charge is 0.299 e. The number of nitrogens with one attached hydrogen (secondary N) is 1. The number of aromatic amines is 1. The third kappa shape index (κ3) is 1.91. The lowest BCUT2D eigenvalue weighted by Gasteiger charge is -2.19. The zero-order valence-corrected chi connectivity index (χ0v) is 9.77. The van der Waals surface area contributed by atoms with Gasteiger partial charge in [-0.3, -0.25) is 9.89 Å². The van der Waals surface area contributed by atoms with Crippen LogP contribution in [-0.2, 0) is 12.0 Å². The molecule has 1 aromatic heterocycles. The molecule has 0 bridgehead atoms. The zero-order chi connectivity index (χ0) is 10.9. The van der Waals surface area contributed by atoms with E-state index in [4.69, 9.17) is 0 Å². The first-order valence-electron chi connectivity index (χ1n) is 5.19. The van der Waals surface area contributed by atoms with E-state index >= 15 is 0 Å². The first-order valence-corrected chi connectivity index (χ1v) is 5.19. The fourth-order valence-corrected chi connectivity index (χ4v) is 1.60. The molecule has 0 fully saturated rings. The quantitative estimate of drug-likeness (QED) is 0.773. The molecule has 0 spiro atoms. The lowest BCUT2D eigenvalue weighted by Crippen LogP contribution is -2.33. The van der Waals surface area contributed by atoms with Gasteiger partial charge in [0.05, 0.1) is 5.54 Å². The molecule has 0 saturated carbocycles. The van der Waals surface area contributed by atoms with Crippen molar-refractivity contribution in [3.8, 4) is 0 Å². The normalized spacial score (nSPS) is 12.1. The van der Waals surface area contributed by atoms with Gasteiger partial charge in [0.2, 0.25) is 0 Å². The topological polar surface area (TPSA) is 37.8 Å². The number of hydrogen-bond donors (Lipinski definition) is 1. The fraction of sp³-hybridized carbons (Fsp3) is 0.727. The Morgan fingerprint density at radius 2 is 1.93 bits per heavy atom. The van der Waals surface area contributed by atoms with E-state index in [1.165, 1.54) is 0 Å². The van der Waals surface area contributed by atoms with E-state index in [1.54, 1.807) is 4.68 Å². The van der Waals surface area contributed by atoms with Crippen LogP contribution < -0.4 is 5.56 Å². The van der Waals surface area contributed by atoms with Gasteiger partial charge in [-0.05, 0) is 34.1 Å². The summed E-state index contributed by atoms with van der Waals surface area (Å²) in [6.45, 7) is 10.1. The molecule has 0 aliphatic heterocycles. The summed E-state index contributed by atoms with van der Waals surface area (Å²) in [6, 6.07) is 0. The van der Waals surface area contributed by atoms with Gasteiger partial charge in [0, 0.05) is 11.3 Å². The van der Waals surface area contributed by atoms with Crippen LogP contribution in [0.1, 0.15) is 45.4 Å². The molecule has 0 atom stereocenters. The van der Waals surface area contributed by atoms with Crippen molar-refractivity contribution in [3.63, 3.8) is 0 Å². The predicted molar refractivity (Wildman–Crippen MR) is 58.8 cm³/mol. The number of rotatable bonds is 2. The van der Waals surface area contributed by atoms with Crippen LogP contribution in [0.2, 0.25) is 0 Å². The molecule has 3 nitrogen and oxygen atoms in total. The highest BCUT2D eigenvalue weighted by Crippen LogP contribution is 2.12. The van der Waals surface area contributed by atoms with Gasteiger partial charge in [-0.15, -0.1) is 0 Å². The first kappa shape index (κ1) is 11.1. The Bertz CT molecular complexity index is 366. The van der Waals surface area contributed by atoms with Crippen molar-refractivity contribution >= 4 is 0 Å². The molecular weight excluding hydrogens is 176 g/mol. The van der Waals surface area contributed by atoms with E-state index in [0.29, 0.717) is 0 Å². The average Bonchev–Trinajstić information content (AvgIpc) is 2.31. The van der Waals surface area contributed by atoms with Crippen LogP contribution >= 0.6 is 0 Å². The van der Waals surface area contributed by atoms with E-state index < -0.39 is 0 Å². The summed E-state index contributed by atoms with van der Waals surface area (Å²) >= 11 is 0. The third-order valence-corrected chi connectivity index (χ3v) is 2.36. The average molecular weight is 196 g/mol. The van der Waals surface area contributed by atoms with Gasteiger partial charge < -0.3 is 0 Å². The monoisotopic (exact) mass is 196 g/mol. The fourth-order valence-electron chi connectivity index (χ4n) is 1.60. The highest BCUT2D eigenvalue weighted by atomic mass is 16.1. The van der Waals surface area contributed by atoms with Gasteiger partial charge in [-0.1, -0.05) is 13.3 Å². The Kier molecular flexibility index (Phi) is 2.88.